The zero-order chi connectivity index (χ0) is 21.8. The number of hydrogen-bond donors (Lipinski definition) is 2. The lowest BCUT2D eigenvalue weighted by Crippen LogP contribution is -2.57. The average Bonchev–Trinajstić information content (AvgIpc) is 3.14. The van der Waals surface area contributed by atoms with Crippen molar-refractivity contribution in [3.05, 3.63) is 60.2 Å². The molecular weight excluding hydrogens is 392 g/mol. The van der Waals surface area contributed by atoms with Gasteiger partial charge in [0.2, 0.25) is 11.8 Å². The third-order valence-electron chi connectivity index (χ3n) is 6.11. The van der Waals surface area contributed by atoms with Crippen molar-refractivity contribution in [1.82, 2.24) is 15.6 Å². The summed E-state index contributed by atoms with van der Waals surface area (Å²) in [6.45, 7) is 4.77. The first kappa shape index (κ1) is 21.3. The van der Waals surface area contributed by atoms with Gasteiger partial charge in [0.15, 0.2) is 0 Å². The summed E-state index contributed by atoms with van der Waals surface area (Å²) >= 11 is 0. The summed E-state index contributed by atoms with van der Waals surface area (Å²) in [7, 11) is 1.63. The molecule has 0 radical (unpaired) electrons. The molecule has 2 aliphatic heterocycles. The summed E-state index contributed by atoms with van der Waals surface area (Å²) in [6.07, 6.45) is 0.988. The fraction of sp³-hybridized carbons (Fsp3) is 0.417. The Labute approximate surface area is 183 Å². The smallest absolute Gasteiger partial charge is 0.247 e. The van der Waals surface area contributed by atoms with Crippen molar-refractivity contribution in [2.24, 2.45) is 11.8 Å². The number of nitrogens with one attached hydrogen (secondary N) is 2. The summed E-state index contributed by atoms with van der Waals surface area (Å²) in [5, 5.41) is 4.69. The minimum Gasteiger partial charge on any atom is -0.497 e. The molecule has 2 fully saturated rings. The van der Waals surface area contributed by atoms with Crippen molar-refractivity contribution >= 4 is 17.5 Å². The van der Waals surface area contributed by atoms with Crippen LogP contribution in [0.5, 0.6) is 5.75 Å². The van der Waals surface area contributed by atoms with Crippen LogP contribution >= 0.6 is 0 Å². The minimum atomic E-state index is -0.304. The standard InChI is InChI=1S/C24H30N4O3/c1-3-13-27-15-20(23(29)25-14-17-9-11-19(31-2)12-10-17)22-21(16-27)24(30)28(26-22)18-7-5-4-6-8-18/h4-12,20-22,26H,3,13-16H2,1-2H3,(H,25,29). The molecule has 7 nitrogen and oxygen atoms in total. The van der Waals surface area contributed by atoms with Gasteiger partial charge in [0.05, 0.1) is 30.7 Å². The number of fused-ring (bicyclic) bond motifs is 1. The van der Waals surface area contributed by atoms with E-state index in [9.17, 15) is 9.59 Å². The largest absolute Gasteiger partial charge is 0.497 e. The maximum absolute atomic E-state index is 13.2. The molecule has 2 aromatic rings. The number of piperidine rings is 1. The van der Waals surface area contributed by atoms with Gasteiger partial charge in [0.25, 0.3) is 0 Å². The van der Waals surface area contributed by atoms with Crippen molar-refractivity contribution in [3.63, 3.8) is 0 Å². The van der Waals surface area contributed by atoms with Gasteiger partial charge in [-0.25, -0.2) is 10.4 Å². The number of anilines is 1. The first-order valence-corrected chi connectivity index (χ1v) is 10.9. The second-order valence-corrected chi connectivity index (χ2v) is 8.20. The maximum Gasteiger partial charge on any atom is 0.247 e. The number of benzene rings is 2. The van der Waals surface area contributed by atoms with E-state index < -0.39 is 0 Å². The van der Waals surface area contributed by atoms with E-state index in [1.807, 2.05) is 54.6 Å². The number of hydrazine groups is 1. The van der Waals surface area contributed by atoms with Crippen LogP contribution in [0.1, 0.15) is 18.9 Å². The highest BCUT2D eigenvalue weighted by atomic mass is 16.5. The summed E-state index contributed by atoms with van der Waals surface area (Å²) < 4.78 is 5.19. The summed E-state index contributed by atoms with van der Waals surface area (Å²) in [5.41, 5.74) is 5.16. The van der Waals surface area contributed by atoms with Crippen LogP contribution in [0.2, 0.25) is 0 Å². The first-order chi connectivity index (χ1) is 15.1. The SMILES string of the molecule is CCCN1CC(C(=O)NCc2ccc(OC)cc2)C2NN(c3ccccc3)C(=O)C2C1. The summed E-state index contributed by atoms with van der Waals surface area (Å²) in [6, 6.07) is 17.0. The molecular formula is C24H30N4O3. The predicted octanol–water partition coefficient (Wildman–Crippen LogP) is 2.19. The maximum atomic E-state index is 13.2. The number of likely N-dealkylation sites (tertiary alicyclic amines) is 1. The molecule has 164 valence electrons. The van der Waals surface area contributed by atoms with Crippen LogP contribution in [-0.4, -0.2) is 49.5 Å². The Morgan fingerprint density at radius 3 is 2.55 bits per heavy atom. The number of methoxy groups -OCH3 is 1. The van der Waals surface area contributed by atoms with Crippen LogP contribution in [0, 0.1) is 11.8 Å². The Morgan fingerprint density at radius 1 is 1.13 bits per heavy atom. The number of ether oxygens (including phenoxy) is 1. The molecule has 3 atom stereocenters. The quantitative estimate of drug-likeness (QED) is 0.716. The zero-order valence-corrected chi connectivity index (χ0v) is 18.1. The molecule has 2 aliphatic rings. The molecule has 0 bridgehead atoms. The van der Waals surface area contributed by atoms with Crippen molar-refractivity contribution < 1.29 is 14.3 Å². The fourth-order valence-electron chi connectivity index (χ4n) is 4.52. The van der Waals surface area contributed by atoms with Gasteiger partial charge in [-0.1, -0.05) is 37.3 Å². The summed E-state index contributed by atoms with van der Waals surface area (Å²) in [4.78, 5) is 28.6. The molecule has 7 heteroatoms. The zero-order valence-electron chi connectivity index (χ0n) is 18.1. The number of rotatable bonds is 7. The molecule has 2 N–H and O–H groups in total. The Hall–Kier alpha value is -2.90. The fourth-order valence-corrected chi connectivity index (χ4v) is 4.52. The number of carbonyl (C=O) groups is 2. The van der Waals surface area contributed by atoms with Crippen molar-refractivity contribution in [2.45, 2.75) is 25.9 Å². The number of carbonyl (C=O) groups excluding carboxylic acids is 2. The number of nitrogens with zero attached hydrogens (tertiary/aromatic N) is 2. The molecule has 2 aromatic carbocycles. The molecule has 2 saturated heterocycles. The lowest BCUT2D eigenvalue weighted by molar-refractivity contribution is -0.130. The van der Waals surface area contributed by atoms with Crippen LogP contribution in [0.15, 0.2) is 54.6 Å². The lowest BCUT2D eigenvalue weighted by Gasteiger charge is -2.38. The molecule has 0 saturated carbocycles. The minimum absolute atomic E-state index is 0.0261. The monoisotopic (exact) mass is 422 g/mol. The van der Waals surface area contributed by atoms with Gasteiger partial charge in [-0.15, -0.1) is 0 Å². The van der Waals surface area contributed by atoms with Crippen molar-refractivity contribution in [2.75, 3.05) is 31.8 Å². The van der Waals surface area contributed by atoms with Crippen molar-refractivity contribution in [1.29, 1.82) is 0 Å². The van der Waals surface area contributed by atoms with Crippen LogP contribution in [0.4, 0.5) is 5.69 Å². The van der Waals surface area contributed by atoms with Crippen molar-refractivity contribution in [3.8, 4) is 5.75 Å². The first-order valence-electron chi connectivity index (χ1n) is 10.9. The molecule has 3 unspecified atom stereocenters. The second kappa shape index (κ2) is 9.49. The van der Waals surface area contributed by atoms with E-state index in [2.05, 4.69) is 22.6 Å². The molecule has 31 heavy (non-hydrogen) atoms. The summed E-state index contributed by atoms with van der Waals surface area (Å²) in [5.74, 6) is 0.250. The highest BCUT2D eigenvalue weighted by Gasteiger charge is 2.50. The van der Waals surface area contributed by atoms with Gasteiger partial charge in [-0.05, 0) is 42.8 Å². The average molecular weight is 423 g/mol. The van der Waals surface area contributed by atoms with Gasteiger partial charge in [-0.3, -0.25) is 9.59 Å². The van der Waals surface area contributed by atoms with E-state index in [0.717, 1.165) is 30.0 Å². The highest BCUT2D eigenvalue weighted by Crippen LogP contribution is 2.32. The van der Waals surface area contributed by atoms with E-state index in [0.29, 0.717) is 19.6 Å². The number of hydrogen-bond acceptors (Lipinski definition) is 5. The van der Waals surface area contributed by atoms with Gasteiger partial charge >= 0.3 is 0 Å². The topological polar surface area (TPSA) is 73.9 Å². The predicted molar refractivity (Wildman–Crippen MR) is 119 cm³/mol. The van der Waals surface area contributed by atoms with E-state index in [4.69, 9.17) is 4.74 Å². The van der Waals surface area contributed by atoms with Gasteiger partial charge in [0.1, 0.15) is 5.75 Å². The van der Waals surface area contributed by atoms with E-state index in [-0.39, 0.29) is 29.7 Å². The molecule has 4 rings (SSSR count). The second-order valence-electron chi connectivity index (χ2n) is 8.20. The van der Waals surface area contributed by atoms with E-state index in [1.54, 1.807) is 12.1 Å². The third-order valence-corrected chi connectivity index (χ3v) is 6.11. The third kappa shape index (κ3) is 4.57. The van der Waals surface area contributed by atoms with Crippen LogP contribution in [-0.2, 0) is 16.1 Å². The van der Waals surface area contributed by atoms with Gasteiger partial charge < -0.3 is 15.0 Å². The van der Waals surface area contributed by atoms with Gasteiger partial charge in [-0.2, -0.15) is 0 Å². The molecule has 0 spiro atoms. The number of amides is 2. The van der Waals surface area contributed by atoms with Crippen LogP contribution in [0.25, 0.3) is 0 Å². The van der Waals surface area contributed by atoms with Crippen LogP contribution in [0.3, 0.4) is 0 Å². The molecule has 0 aromatic heterocycles. The lowest BCUT2D eigenvalue weighted by atomic mass is 9.84. The Bertz CT molecular complexity index is 903. The van der Waals surface area contributed by atoms with Gasteiger partial charge in [0, 0.05) is 19.6 Å². The van der Waals surface area contributed by atoms with E-state index >= 15 is 0 Å². The molecule has 2 heterocycles. The normalized spacial score (nSPS) is 23.5. The number of para-hydroxylation sites is 1. The van der Waals surface area contributed by atoms with Crippen LogP contribution < -0.4 is 20.5 Å². The Balaban J connectivity index is 1.49. The van der Waals surface area contributed by atoms with E-state index in [1.165, 1.54) is 0 Å². The highest BCUT2D eigenvalue weighted by molar-refractivity contribution is 5.98. The Kier molecular flexibility index (Phi) is 6.53. The molecule has 2 amide bonds. The Morgan fingerprint density at radius 2 is 1.87 bits per heavy atom. The molecule has 0 aliphatic carbocycles.